The summed E-state index contributed by atoms with van der Waals surface area (Å²) in [4.78, 5) is 8.41. The van der Waals surface area contributed by atoms with Gasteiger partial charge in [-0.2, -0.15) is 0 Å². The van der Waals surface area contributed by atoms with Gasteiger partial charge in [0.2, 0.25) is 0 Å². The molecule has 17 heavy (non-hydrogen) atoms. The van der Waals surface area contributed by atoms with Crippen molar-refractivity contribution >= 4 is 11.6 Å². The SMILES string of the molecule is CC(C)CCNc1cc(NC(C)(C)C)ncn1. The summed E-state index contributed by atoms with van der Waals surface area (Å²) in [5.74, 6) is 2.45. The zero-order chi connectivity index (χ0) is 12.9. The Bertz CT molecular complexity index is 342. The first kappa shape index (κ1) is 13.7. The fourth-order valence-electron chi connectivity index (χ4n) is 1.40. The topological polar surface area (TPSA) is 49.8 Å². The van der Waals surface area contributed by atoms with Gasteiger partial charge in [0.25, 0.3) is 0 Å². The van der Waals surface area contributed by atoms with Crippen LogP contribution < -0.4 is 10.6 Å². The Morgan fingerprint density at radius 1 is 1.18 bits per heavy atom. The normalized spacial score (nSPS) is 11.6. The Morgan fingerprint density at radius 3 is 2.41 bits per heavy atom. The van der Waals surface area contributed by atoms with Gasteiger partial charge < -0.3 is 10.6 Å². The highest BCUT2D eigenvalue weighted by molar-refractivity contribution is 5.47. The Morgan fingerprint density at radius 2 is 1.82 bits per heavy atom. The molecule has 0 aliphatic carbocycles. The monoisotopic (exact) mass is 236 g/mol. The molecule has 0 fully saturated rings. The van der Waals surface area contributed by atoms with Crippen molar-refractivity contribution in [3.05, 3.63) is 12.4 Å². The minimum absolute atomic E-state index is 0.0174. The summed E-state index contributed by atoms with van der Waals surface area (Å²) in [6.07, 6.45) is 2.73. The predicted octanol–water partition coefficient (Wildman–Crippen LogP) is 3.15. The van der Waals surface area contributed by atoms with Gasteiger partial charge in [-0.05, 0) is 33.1 Å². The highest BCUT2D eigenvalue weighted by atomic mass is 15.1. The molecule has 0 amide bonds. The van der Waals surface area contributed by atoms with E-state index in [1.54, 1.807) is 6.33 Å². The maximum atomic E-state index is 4.21. The molecule has 0 bridgehead atoms. The highest BCUT2D eigenvalue weighted by Crippen LogP contribution is 2.14. The maximum absolute atomic E-state index is 4.21. The average Bonchev–Trinajstić information content (AvgIpc) is 2.14. The highest BCUT2D eigenvalue weighted by Gasteiger charge is 2.10. The fraction of sp³-hybridized carbons (Fsp3) is 0.692. The second kappa shape index (κ2) is 5.84. The molecule has 0 spiro atoms. The van der Waals surface area contributed by atoms with E-state index in [2.05, 4.69) is 55.2 Å². The smallest absolute Gasteiger partial charge is 0.131 e. The summed E-state index contributed by atoms with van der Waals surface area (Å²) in [6, 6.07) is 1.95. The molecule has 96 valence electrons. The van der Waals surface area contributed by atoms with Crippen LogP contribution in [0.25, 0.3) is 0 Å². The molecule has 4 heteroatoms. The van der Waals surface area contributed by atoms with E-state index in [4.69, 9.17) is 0 Å². The van der Waals surface area contributed by atoms with Crippen LogP contribution in [0.3, 0.4) is 0 Å². The van der Waals surface area contributed by atoms with E-state index in [1.807, 2.05) is 6.07 Å². The van der Waals surface area contributed by atoms with Crippen LogP contribution in [0.1, 0.15) is 41.0 Å². The summed E-state index contributed by atoms with van der Waals surface area (Å²) in [7, 11) is 0. The van der Waals surface area contributed by atoms with E-state index in [1.165, 1.54) is 0 Å². The first-order valence-corrected chi connectivity index (χ1v) is 6.21. The van der Waals surface area contributed by atoms with Crippen molar-refractivity contribution in [2.75, 3.05) is 17.2 Å². The van der Waals surface area contributed by atoms with Crippen molar-refractivity contribution in [1.82, 2.24) is 9.97 Å². The van der Waals surface area contributed by atoms with E-state index in [0.29, 0.717) is 5.92 Å². The van der Waals surface area contributed by atoms with Crippen molar-refractivity contribution < 1.29 is 0 Å². The molecule has 0 atom stereocenters. The lowest BCUT2D eigenvalue weighted by Crippen LogP contribution is -2.26. The van der Waals surface area contributed by atoms with E-state index in [0.717, 1.165) is 24.6 Å². The molecular formula is C13H24N4. The first-order chi connectivity index (χ1) is 7.87. The molecule has 0 radical (unpaired) electrons. The number of aromatic nitrogens is 2. The summed E-state index contributed by atoms with van der Waals surface area (Å²) >= 11 is 0. The standard InChI is InChI=1S/C13H24N4/c1-10(2)6-7-14-11-8-12(16-9-15-11)17-13(3,4)5/h8-10H,6-7H2,1-5H3,(H2,14,15,16,17). The maximum Gasteiger partial charge on any atom is 0.131 e. The molecule has 0 aliphatic rings. The number of anilines is 2. The third-order valence-electron chi connectivity index (χ3n) is 2.20. The lowest BCUT2D eigenvalue weighted by molar-refractivity contribution is 0.606. The van der Waals surface area contributed by atoms with Gasteiger partial charge in [-0.3, -0.25) is 0 Å². The largest absolute Gasteiger partial charge is 0.370 e. The molecule has 1 aromatic heterocycles. The predicted molar refractivity (Wildman–Crippen MR) is 73.4 cm³/mol. The molecular weight excluding hydrogens is 212 g/mol. The van der Waals surface area contributed by atoms with E-state index < -0.39 is 0 Å². The van der Waals surface area contributed by atoms with Crippen LogP contribution in [-0.4, -0.2) is 22.1 Å². The molecule has 1 heterocycles. The number of hydrogen-bond acceptors (Lipinski definition) is 4. The van der Waals surface area contributed by atoms with Crippen molar-refractivity contribution in [2.24, 2.45) is 5.92 Å². The fourth-order valence-corrected chi connectivity index (χ4v) is 1.40. The van der Waals surface area contributed by atoms with Crippen LogP contribution in [0, 0.1) is 5.92 Å². The molecule has 2 N–H and O–H groups in total. The molecule has 1 rings (SSSR count). The van der Waals surface area contributed by atoms with Crippen molar-refractivity contribution in [1.29, 1.82) is 0 Å². The Labute approximate surface area is 104 Å². The van der Waals surface area contributed by atoms with Gasteiger partial charge in [0, 0.05) is 18.2 Å². The Hall–Kier alpha value is -1.32. The molecule has 4 nitrogen and oxygen atoms in total. The molecule has 0 saturated heterocycles. The second-order valence-electron chi connectivity index (χ2n) is 5.77. The quantitative estimate of drug-likeness (QED) is 0.824. The molecule has 0 aliphatic heterocycles. The molecule has 0 saturated carbocycles. The van der Waals surface area contributed by atoms with Crippen LogP contribution in [0.4, 0.5) is 11.6 Å². The van der Waals surface area contributed by atoms with Gasteiger partial charge >= 0.3 is 0 Å². The summed E-state index contributed by atoms with van der Waals surface area (Å²) < 4.78 is 0. The Balaban J connectivity index is 2.54. The van der Waals surface area contributed by atoms with E-state index in [9.17, 15) is 0 Å². The third kappa shape index (κ3) is 6.09. The van der Waals surface area contributed by atoms with Crippen LogP contribution in [0.15, 0.2) is 12.4 Å². The van der Waals surface area contributed by atoms with Crippen LogP contribution in [-0.2, 0) is 0 Å². The third-order valence-corrected chi connectivity index (χ3v) is 2.20. The van der Waals surface area contributed by atoms with E-state index >= 15 is 0 Å². The minimum Gasteiger partial charge on any atom is -0.370 e. The molecule has 0 aromatic carbocycles. The number of nitrogens with one attached hydrogen (secondary N) is 2. The lowest BCUT2D eigenvalue weighted by Gasteiger charge is -2.21. The van der Waals surface area contributed by atoms with Crippen molar-refractivity contribution in [2.45, 2.75) is 46.6 Å². The van der Waals surface area contributed by atoms with Gasteiger partial charge in [-0.25, -0.2) is 9.97 Å². The zero-order valence-electron chi connectivity index (χ0n) is 11.5. The number of nitrogens with zero attached hydrogens (tertiary/aromatic N) is 2. The van der Waals surface area contributed by atoms with Gasteiger partial charge in [-0.1, -0.05) is 13.8 Å². The zero-order valence-corrected chi connectivity index (χ0v) is 11.5. The number of rotatable bonds is 5. The summed E-state index contributed by atoms with van der Waals surface area (Å²) in [5, 5.41) is 6.64. The lowest BCUT2D eigenvalue weighted by atomic mass is 10.1. The van der Waals surface area contributed by atoms with Gasteiger partial charge in [0.1, 0.15) is 18.0 Å². The van der Waals surface area contributed by atoms with Gasteiger partial charge in [0.05, 0.1) is 0 Å². The van der Waals surface area contributed by atoms with Gasteiger partial charge in [0.15, 0.2) is 0 Å². The van der Waals surface area contributed by atoms with Crippen LogP contribution in [0.2, 0.25) is 0 Å². The van der Waals surface area contributed by atoms with E-state index in [-0.39, 0.29) is 5.54 Å². The summed E-state index contributed by atoms with van der Waals surface area (Å²) in [5.41, 5.74) is 0.0174. The molecule has 1 aromatic rings. The van der Waals surface area contributed by atoms with Crippen LogP contribution >= 0.6 is 0 Å². The number of hydrogen-bond donors (Lipinski definition) is 2. The minimum atomic E-state index is 0.0174. The summed E-state index contributed by atoms with van der Waals surface area (Å²) in [6.45, 7) is 11.7. The van der Waals surface area contributed by atoms with Crippen molar-refractivity contribution in [3.63, 3.8) is 0 Å². The Kier molecular flexibility index (Phi) is 4.73. The van der Waals surface area contributed by atoms with Crippen LogP contribution in [0.5, 0.6) is 0 Å². The second-order valence-corrected chi connectivity index (χ2v) is 5.77. The average molecular weight is 236 g/mol. The molecule has 0 unspecified atom stereocenters. The first-order valence-electron chi connectivity index (χ1n) is 6.21. The van der Waals surface area contributed by atoms with Gasteiger partial charge in [-0.15, -0.1) is 0 Å². The van der Waals surface area contributed by atoms with Crippen molar-refractivity contribution in [3.8, 4) is 0 Å².